The number of carbonyl (C=O) groups is 1. The van der Waals surface area contributed by atoms with Gasteiger partial charge in [0.25, 0.3) is 0 Å². The second kappa shape index (κ2) is 6.66. The summed E-state index contributed by atoms with van der Waals surface area (Å²) in [5.74, 6) is -0.352. The summed E-state index contributed by atoms with van der Waals surface area (Å²) in [4.78, 5) is 13.8. The predicted molar refractivity (Wildman–Crippen MR) is 80.7 cm³/mol. The van der Waals surface area contributed by atoms with E-state index in [2.05, 4.69) is 15.9 Å². The standard InChI is InChI=1S/C16H15BrFNO/c1-19(11-13-6-2-3-8-15(13)17)16(20)10-12-5-4-7-14(18)9-12/h2-9H,10-11H2,1H3. The van der Waals surface area contributed by atoms with Crippen molar-refractivity contribution in [1.82, 2.24) is 4.90 Å². The Morgan fingerprint density at radius 3 is 2.65 bits per heavy atom. The molecule has 0 fully saturated rings. The molecule has 0 spiro atoms. The fourth-order valence-corrected chi connectivity index (χ4v) is 2.34. The molecule has 1 amide bonds. The lowest BCUT2D eigenvalue weighted by molar-refractivity contribution is -0.129. The van der Waals surface area contributed by atoms with E-state index in [1.54, 1.807) is 24.1 Å². The van der Waals surface area contributed by atoms with Crippen molar-refractivity contribution in [1.29, 1.82) is 0 Å². The van der Waals surface area contributed by atoms with Crippen LogP contribution in [0.2, 0.25) is 0 Å². The lowest BCUT2D eigenvalue weighted by Gasteiger charge is -2.18. The Balaban J connectivity index is 2.01. The van der Waals surface area contributed by atoms with Crippen LogP contribution in [-0.4, -0.2) is 17.9 Å². The third-order valence-corrected chi connectivity index (χ3v) is 3.81. The van der Waals surface area contributed by atoms with E-state index < -0.39 is 0 Å². The Labute approximate surface area is 126 Å². The average Bonchev–Trinajstić information content (AvgIpc) is 2.41. The van der Waals surface area contributed by atoms with E-state index in [1.807, 2.05) is 24.3 Å². The molecule has 0 saturated carbocycles. The molecule has 0 unspecified atom stereocenters. The first-order valence-electron chi connectivity index (χ1n) is 6.28. The number of halogens is 2. The highest BCUT2D eigenvalue weighted by Gasteiger charge is 2.11. The predicted octanol–water partition coefficient (Wildman–Crippen LogP) is 3.79. The highest BCUT2D eigenvalue weighted by molar-refractivity contribution is 9.10. The average molecular weight is 336 g/mol. The number of amides is 1. The van der Waals surface area contributed by atoms with Gasteiger partial charge in [-0.05, 0) is 29.3 Å². The molecule has 2 nitrogen and oxygen atoms in total. The maximum atomic E-state index is 13.1. The molecular formula is C16H15BrFNO. The van der Waals surface area contributed by atoms with Crippen LogP contribution in [0.15, 0.2) is 53.0 Å². The molecule has 0 N–H and O–H groups in total. The van der Waals surface area contributed by atoms with Crippen LogP contribution in [-0.2, 0) is 17.8 Å². The molecule has 0 atom stereocenters. The zero-order chi connectivity index (χ0) is 14.5. The third-order valence-electron chi connectivity index (χ3n) is 3.04. The molecule has 0 bridgehead atoms. The van der Waals surface area contributed by atoms with Crippen molar-refractivity contribution >= 4 is 21.8 Å². The number of rotatable bonds is 4. The Kier molecular flexibility index (Phi) is 4.90. The lowest BCUT2D eigenvalue weighted by Crippen LogP contribution is -2.27. The number of nitrogens with zero attached hydrogens (tertiary/aromatic N) is 1. The molecule has 0 heterocycles. The molecule has 2 aromatic carbocycles. The summed E-state index contributed by atoms with van der Waals surface area (Å²) < 4.78 is 14.1. The summed E-state index contributed by atoms with van der Waals surface area (Å²) >= 11 is 3.46. The maximum absolute atomic E-state index is 13.1. The minimum atomic E-state index is -0.316. The van der Waals surface area contributed by atoms with Crippen molar-refractivity contribution in [2.75, 3.05) is 7.05 Å². The van der Waals surface area contributed by atoms with E-state index in [4.69, 9.17) is 0 Å². The fourth-order valence-electron chi connectivity index (χ4n) is 1.93. The highest BCUT2D eigenvalue weighted by Crippen LogP contribution is 2.17. The van der Waals surface area contributed by atoms with Gasteiger partial charge in [-0.25, -0.2) is 4.39 Å². The fraction of sp³-hybridized carbons (Fsp3) is 0.188. The van der Waals surface area contributed by atoms with Gasteiger partial charge in [0.05, 0.1) is 6.42 Å². The topological polar surface area (TPSA) is 20.3 Å². The third kappa shape index (κ3) is 3.90. The highest BCUT2D eigenvalue weighted by atomic mass is 79.9. The van der Waals surface area contributed by atoms with Gasteiger partial charge in [-0.2, -0.15) is 0 Å². The van der Waals surface area contributed by atoms with Crippen LogP contribution in [0.25, 0.3) is 0 Å². The number of carbonyl (C=O) groups excluding carboxylic acids is 1. The van der Waals surface area contributed by atoms with Crippen molar-refractivity contribution in [3.05, 3.63) is 69.9 Å². The molecule has 104 valence electrons. The van der Waals surface area contributed by atoms with Crippen LogP contribution in [0.1, 0.15) is 11.1 Å². The van der Waals surface area contributed by atoms with Crippen molar-refractivity contribution in [3.8, 4) is 0 Å². The van der Waals surface area contributed by atoms with Gasteiger partial charge in [0.2, 0.25) is 5.91 Å². The first-order valence-corrected chi connectivity index (χ1v) is 7.07. The van der Waals surface area contributed by atoms with Gasteiger partial charge in [0.1, 0.15) is 5.82 Å². The minimum absolute atomic E-state index is 0.0358. The van der Waals surface area contributed by atoms with E-state index >= 15 is 0 Å². The molecule has 20 heavy (non-hydrogen) atoms. The van der Waals surface area contributed by atoms with Gasteiger partial charge in [0.15, 0.2) is 0 Å². The van der Waals surface area contributed by atoms with Crippen molar-refractivity contribution in [2.24, 2.45) is 0 Å². The zero-order valence-electron chi connectivity index (χ0n) is 11.1. The summed E-state index contributed by atoms with van der Waals surface area (Å²) in [5.41, 5.74) is 1.73. The molecule has 0 aliphatic carbocycles. The molecule has 0 saturated heterocycles. The monoisotopic (exact) mass is 335 g/mol. The molecule has 2 rings (SSSR count). The SMILES string of the molecule is CN(Cc1ccccc1Br)C(=O)Cc1cccc(F)c1. The van der Waals surface area contributed by atoms with E-state index in [9.17, 15) is 9.18 Å². The smallest absolute Gasteiger partial charge is 0.227 e. The van der Waals surface area contributed by atoms with Crippen molar-refractivity contribution in [2.45, 2.75) is 13.0 Å². The molecule has 0 aromatic heterocycles. The van der Waals surface area contributed by atoms with E-state index in [1.165, 1.54) is 12.1 Å². The normalized spacial score (nSPS) is 10.3. The van der Waals surface area contributed by atoms with Gasteiger partial charge >= 0.3 is 0 Å². The Bertz CT molecular complexity index is 615. The molecule has 0 aliphatic rings. The van der Waals surface area contributed by atoms with Gasteiger partial charge in [-0.1, -0.05) is 46.3 Å². The Hall–Kier alpha value is -1.68. The first-order chi connectivity index (χ1) is 9.56. The number of hydrogen-bond donors (Lipinski definition) is 0. The molecule has 0 radical (unpaired) electrons. The first kappa shape index (κ1) is 14.7. The second-order valence-corrected chi connectivity index (χ2v) is 5.50. The summed E-state index contributed by atoms with van der Waals surface area (Å²) in [6, 6.07) is 13.9. The van der Waals surface area contributed by atoms with Crippen LogP contribution < -0.4 is 0 Å². The lowest BCUT2D eigenvalue weighted by atomic mass is 10.1. The van der Waals surface area contributed by atoms with Gasteiger partial charge in [0, 0.05) is 18.1 Å². The second-order valence-electron chi connectivity index (χ2n) is 4.65. The van der Waals surface area contributed by atoms with E-state index in [0.29, 0.717) is 12.1 Å². The van der Waals surface area contributed by atoms with Gasteiger partial charge in [-0.15, -0.1) is 0 Å². The van der Waals surface area contributed by atoms with Crippen molar-refractivity contribution < 1.29 is 9.18 Å². The molecule has 0 aliphatic heterocycles. The van der Waals surface area contributed by atoms with Crippen LogP contribution in [0.4, 0.5) is 4.39 Å². The molecule has 4 heteroatoms. The zero-order valence-corrected chi connectivity index (χ0v) is 12.7. The van der Waals surface area contributed by atoms with Gasteiger partial charge in [-0.3, -0.25) is 4.79 Å². The largest absolute Gasteiger partial charge is 0.341 e. The van der Waals surface area contributed by atoms with Crippen LogP contribution in [0.5, 0.6) is 0 Å². The Morgan fingerprint density at radius 1 is 1.20 bits per heavy atom. The summed E-state index contributed by atoms with van der Waals surface area (Å²) in [6.07, 6.45) is 0.207. The number of hydrogen-bond acceptors (Lipinski definition) is 1. The van der Waals surface area contributed by atoms with Crippen LogP contribution in [0.3, 0.4) is 0 Å². The van der Waals surface area contributed by atoms with Crippen LogP contribution >= 0.6 is 15.9 Å². The molecule has 2 aromatic rings. The maximum Gasteiger partial charge on any atom is 0.227 e. The summed E-state index contributed by atoms with van der Waals surface area (Å²) in [6.45, 7) is 0.523. The molecular weight excluding hydrogens is 321 g/mol. The number of likely N-dealkylation sites (N-methyl/N-ethyl adjacent to an activating group) is 1. The van der Waals surface area contributed by atoms with E-state index in [-0.39, 0.29) is 18.1 Å². The Morgan fingerprint density at radius 2 is 1.95 bits per heavy atom. The van der Waals surface area contributed by atoms with Crippen LogP contribution in [0, 0.1) is 5.82 Å². The summed E-state index contributed by atoms with van der Waals surface area (Å²) in [7, 11) is 1.75. The van der Waals surface area contributed by atoms with Gasteiger partial charge < -0.3 is 4.90 Å². The van der Waals surface area contributed by atoms with E-state index in [0.717, 1.165) is 10.0 Å². The minimum Gasteiger partial charge on any atom is -0.341 e. The van der Waals surface area contributed by atoms with Crippen molar-refractivity contribution in [3.63, 3.8) is 0 Å². The summed E-state index contributed by atoms with van der Waals surface area (Å²) in [5, 5.41) is 0. The number of benzene rings is 2. The quantitative estimate of drug-likeness (QED) is 0.832.